The monoisotopic (exact) mass is 354 g/mol. The van der Waals surface area contributed by atoms with Crippen LogP contribution in [0.5, 0.6) is 11.5 Å². The van der Waals surface area contributed by atoms with Crippen molar-refractivity contribution in [2.75, 3.05) is 7.11 Å². The summed E-state index contributed by atoms with van der Waals surface area (Å²) >= 11 is 0. The van der Waals surface area contributed by atoms with Crippen molar-refractivity contribution in [2.24, 2.45) is 0 Å². The number of carboxylic acids is 2. The van der Waals surface area contributed by atoms with Crippen molar-refractivity contribution in [2.45, 2.75) is 6.61 Å². The molecule has 2 N–H and O–H groups in total. The summed E-state index contributed by atoms with van der Waals surface area (Å²) in [7, 11) is 1.52. The Labute approximate surface area is 150 Å². The fourth-order valence-electron chi connectivity index (χ4n) is 2.13. The number of rotatable bonds is 8. The van der Waals surface area contributed by atoms with E-state index in [9.17, 15) is 9.59 Å². The SMILES string of the molecule is COc1cc(/C=C\C=C(C(=O)O)C(=O)O)ccc1OCc1ccccc1. The first kappa shape index (κ1) is 18.8. The van der Waals surface area contributed by atoms with Gasteiger partial charge in [0.1, 0.15) is 12.2 Å². The summed E-state index contributed by atoms with van der Waals surface area (Å²) < 4.78 is 11.1. The van der Waals surface area contributed by atoms with E-state index in [1.165, 1.54) is 13.2 Å². The number of carboxylic acid groups (broad SMARTS) is 2. The topological polar surface area (TPSA) is 93.1 Å². The first-order chi connectivity index (χ1) is 12.5. The van der Waals surface area contributed by atoms with E-state index in [1.807, 2.05) is 30.3 Å². The average molecular weight is 354 g/mol. The predicted molar refractivity (Wildman–Crippen MR) is 96.2 cm³/mol. The molecule has 0 fully saturated rings. The smallest absolute Gasteiger partial charge is 0.343 e. The number of hydrogen-bond acceptors (Lipinski definition) is 4. The minimum atomic E-state index is -1.50. The van der Waals surface area contributed by atoms with Crippen LogP contribution in [-0.4, -0.2) is 29.3 Å². The first-order valence-corrected chi connectivity index (χ1v) is 7.71. The van der Waals surface area contributed by atoms with Gasteiger partial charge in [-0.1, -0.05) is 48.6 Å². The number of hydrogen-bond donors (Lipinski definition) is 2. The maximum atomic E-state index is 10.8. The Kier molecular flexibility index (Phi) is 6.56. The molecule has 6 heteroatoms. The van der Waals surface area contributed by atoms with Gasteiger partial charge in [0.15, 0.2) is 11.5 Å². The van der Waals surface area contributed by atoms with Crippen molar-refractivity contribution in [3.63, 3.8) is 0 Å². The lowest BCUT2D eigenvalue weighted by Gasteiger charge is -2.11. The lowest BCUT2D eigenvalue weighted by molar-refractivity contribution is -0.140. The van der Waals surface area contributed by atoms with Crippen LogP contribution in [0.2, 0.25) is 0 Å². The summed E-state index contributed by atoms with van der Waals surface area (Å²) in [5.74, 6) is -1.90. The molecule has 134 valence electrons. The Balaban J connectivity index is 2.12. The van der Waals surface area contributed by atoms with E-state index in [1.54, 1.807) is 24.3 Å². The summed E-state index contributed by atoms with van der Waals surface area (Å²) in [6, 6.07) is 14.9. The average Bonchev–Trinajstić information content (AvgIpc) is 2.64. The number of allylic oxidation sites excluding steroid dienone is 2. The molecule has 0 aliphatic rings. The van der Waals surface area contributed by atoms with Gasteiger partial charge in [-0.05, 0) is 29.3 Å². The molecule has 0 radical (unpaired) electrons. The van der Waals surface area contributed by atoms with Crippen LogP contribution in [0.3, 0.4) is 0 Å². The van der Waals surface area contributed by atoms with Gasteiger partial charge in [-0.25, -0.2) is 9.59 Å². The number of carbonyl (C=O) groups is 2. The van der Waals surface area contributed by atoms with E-state index in [4.69, 9.17) is 19.7 Å². The second-order valence-electron chi connectivity index (χ2n) is 5.23. The summed E-state index contributed by atoms with van der Waals surface area (Å²) in [5.41, 5.74) is 1.02. The molecule has 0 aliphatic carbocycles. The van der Waals surface area contributed by atoms with Crippen LogP contribution in [0.15, 0.2) is 66.3 Å². The highest BCUT2D eigenvalue weighted by molar-refractivity contribution is 6.12. The zero-order chi connectivity index (χ0) is 18.9. The molecule has 0 saturated heterocycles. The van der Waals surface area contributed by atoms with Crippen molar-refractivity contribution in [1.82, 2.24) is 0 Å². The van der Waals surface area contributed by atoms with Crippen LogP contribution in [0, 0.1) is 0 Å². The van der Waals surface area contributed by atoms with E-state index in [-0.39, 0.29) is 0 Å². The zero-order valence-electron chi connectivity index (χ0n) is 14.1. The molecule has 2 rings (SSSR count). The van der Waals surface area contributed by atoms with Crippen molar-refractivity contribution in [3.8, 4) is 11.5 Å². The predicted octanol–water partition coefficient (Wildman–Crippen LogP) is 3.38. The summed E-state index contributed by atoms with van der Waals surface area (Å²) in [6.45, 7) is 0.399. The standard InChI is InChI=1S/C20H18O6/c1-25-18-12-14(8-5-9-16(19(21)22)20(23)24)10-11-17(18)26-13-15-6-3-2-4-7-15/h2-12H,13H2,1H3,(H,21,22)(H,23,24)/b8-5-. The minimum absolute atomic E-state index is 0.399. The fourth-order valence-corrected chi connectivity index (χ4v) is 2.13. The van der Waals surface area contributed by atoms with Crippen molar-refractivity contribution >= 4 is 18.0 Å². The van der Waals surface area contributed by atoms with Gasteiger partial charge < -0.3 is 19.7 Å². The maximum absolute atomic E-state index is 10.8. The highest BCUT2D eigenvalue weighted by Crippen LogP contribution is 2.29. The van der Waals surface area contributed by atoms with Crippen LogP contribution in [-0.2, 0) is 16.2 Å². The molecule has 0 spiro atoms. The van der Waals surface area contributed by atoms with Crippen molar-refractivity contribution in [1.29, 1.82) is 0 Å². The molecular weight excluding hydrogens is 336 g/mol. The summed E-state index contributed by atoms with van der Waals surface area (Å²) in [5, 5.41) is 17.6. The third kappa shape index (κ3) is 5.24. The van der Waals surface area contributed by atoms with Crippen molar-refractivity contribution in [3.05, 3.63) is 77.4 Å². The summed E-state index contributed by atoms with van der Waals surface area (Å²) in [4.78, 5) is 21.6. The molecule has 0 atom stereocenters. The molecular formula is C20H18O6. The molecule has 0 bridgehead atoms. The Morgan fingerprint density at radius 1 is 1.00 bits per heavy atom. The van der Waals surface area contributed by atoms with Gasteiger partial charge in [-0.2, -0.15) is 0 Å². The molecule has 0 heterocycles. The van der Waals surface area contributed by atoms with Gasteiger partial charge >= 0.3 is 11.9 Å². The molecule has 0 saturated carbocycles. The Bertz CT molecular complexity index is 821. The van der Waals surface area contributed by atoms with E-state index >= 15 is 0 Å². The Morgan fingerprint density at radius 3 is 2.31 bits per heavy atom. The van der Waals surface area contributed by atoms with Crippen LogP contribution < -0.4 is 9.47 Å². The van der Waals surface area contributed by atoms with Gasteiger partial charge in [0.05, 0.1) is 7.11 Å². The molecule has 0 unspecified atom stereocenters. The van der Waals surface area contributed by atoms with Gasteiger partial charge in [0.2, 0.25) is 0 Å². The second-order valence-corrected chi connectivity index (χ2v) is 5.23. The lowest BCUT2D eigenvalue weighted by atomic mass is 10.1. The van der Waals surface area contributed by atoms with Gasteiger partial charge in [0.25, 0.3) is 0 Å². The van der Waals surface area contributed by atoms with E-state index < -0.39 is 17.5 Å². The Morgan fingerprint density at radius 2 is 1.69 bits per heavy atom. The second kappa shape index (κ2) is 9.08. The molecule has 2 aromatic carbocycles. The lowest BCUT2D eigenvalue weighted by Crippen LogP contribution is -2.10. The fraction of sp³-hybridized carbons (Fsp3) is 0.100. The van der Waals surface area contributed by atoms with Crippen LogP contribution in [0.25, 0.3) is 6.08 Å². The van der Waals surface area contributed by atoms with E-state index in [2.05, 4.69) is 0 Å². The van der Waals surface area contributed by atoms with E-state index in [0.29, 0.717) is 23.7 Å². The van der Waals surface area contributed by atoms with Crippen LogP contribution >= 0.6 is 0 Å². The number of benzene rings is 2. The maximum Gasteiger partial charge on any atom is 0.343 e. The number of aliphatic carboxylic acids is 2. The van der Waals surface area contributed by atoms with E-state index in [0.717, 1.165) is 11.6 Å². The third-order valence-electron chi connectivity index (χ3n) is 3.44. The summed E-state index contributed by atoms with van der Waals surface area (Å²) in [6.07, 6.45) is 3.96. The minimum Gasteiger partial charge on any atom is -0.493 e. The molecule has 6 nitrogen and oxygen atoms in total. The normalized spacial score (nSPS) is 10.3. The van der Waals surface area contributed by atoms with Gasteiger partial charge in [-0.3, -0.25) is 0 Å². The molecule has 26 heavy (non-hydrogen) atoms. The largest absolute Gasteiger partial charge is 0.493 e. The number of methoxy groups -OCH3 is 1. The zero-order valence-corrected chi connectivity index (χ0v) is 14.1. The molecule has 0 aliphatic heterocycles. The Hall–Kier alpha value is -3.54. The van der Waals surface area contributed by atoms with Crippen molar-refractivity contribution < 1.29 is 29.3 Å². The highest BCUT2D eigenvalue weighted by atomic mass is 16.5. The highest BCUT2D eigenvalue weighted by Gasteiger charge is 2.14. The number of ether oxygens (including phenoxy) is 2. The van der Waals surface area contributed by atoms with Crippen LogP contribution in [0.1, 0.15) is 11.1 Å². The molecule has 0 amide bonds. The van der Waals surface area contributed by atoms with Gasteiger partial charge in [-0.15, -0.1) is 0 Å². The first-order valence-electron chi connectivity index (χ1n) is 7.71. The molecule has 2 aromatic rings. The van der Waals surface area contributed by atoms with Crippen LogP contribution in [0.4, 0.5) is 0 Å². The quantitative estimate of drug-likeness (QED) is 0.327. The third-order valence-corrected chi connectivity index (χ3v) is 3.44. The van der Waals surface area contributed by atoms with Gasteiger partial charge in [0, 0.05) is 0 Å². The molecule has 0 aromatic heterocycles.